The maximum atomic E-state index is 14.3. The SMILES string of the molecule is Nc1ccc2c(c1)CCCC2NC(=O)c1cc(N2CCNC2=O)ccc1F. The lowest BCUT2D eigenvalue weighted by Gasteiger charge is -2.27. The molecule has 1 aliphatic carbocycles. The number of nitrogen functional groups attached to an aromatic ring is 1. The maximum Gasteiger partial charge on any atom is 0.321 e. The number of anilines is 2. The first-order valence-electron chi connectivity index (χ1n) is 9.07. The fraction of sp³-hybridized carbons (Fsp3) is 0.300. The predicted octanol–water partition coefficient (Wildman–Crippen LogP) is 2.74. The summed E-state index contributed by atoms with van der Waals surface area (Å²) in [4.78, 5) is 26.1. The summed E-state index contributed by atoms with van der Waals surface area (Å²) in [6.45, 7) is 1.02. The number of benzene rings is 2. The molecule has 1 heterocycles. The van der Waals surface area contributed by atoms with Gasteiger partial charge in [0.15, 0.2) is 0 Å². The second-order valence-corrected chi connectivity index (χ2v) is 6.92. The number of carbonyl (C=O) groups is 2. The Morgan fingerprint density at radius 2 is 2.11 bits per heavy atom. The molecule has 0 aromatic heterocycles. The topological polar surface area (TPSA) is 87.5 Å². The number of carbonyl (C=O) groups excluding carboxylic acids is 2. The van der Waals surface area contributed by atoms with Gasteiger partial charge in [-0.15, -0.1) is 0 Å². The number of halogens is 1. The zero-order chi connectivity index (χ0) is 19.0. The molecular weight excluding hydrogens is 347 g/mol. The van der Waals surface area contributed by atoms with E-state index in [1.54, 1.807) is 0 Å². The van der Waals surface area contributed by atoms with Gasteiger partial charge in [0.1, 0.15) is 5.82 Å². The van der Waals surface area contributed by atoms with Crippen molar-refractivity contribution in [2.75, 3.05) is 23.7 Å². The van der Waals surface area contributed by atoms with Crippen LogP contribution in [0.5, 0.6) is 0 Å². The van der Waals surface area contributed by atoms with Crippen molar-refractivity contribution in [1.82, 2.24) is 10.6 Å². The number of rotatable bonds is 3. The van der Waals surface area contributed by atoms with Crippen LogP contribution >= 0.6 is 0 Å². The minimum Gasteiger partial charge on any atom is -0.399 e. The van der Waals surface area contributed by atoms with Crippen molar-refractivity contribution in [3.05, 3.63) is 58.9 Å². The molecule has 3 amide bonds. The third kappa shape index (κ3) is 3.32. The summed E-state index contributed by atoms with van der Waals surface area (Å²) in [7, 11) is 0. The van der Waals surface area contributed by atoms with Crippen LogP contribution < -0.4 is 21.3 Å². The van der Waals surface area contributed by atoms with Gasteiger partial charge in [0.2, 0.25) is 0 Å². The van der Waals surface area contributed by atoms with Crippen molar-refractivity contribution in [2.24, 2.45) is 0 Å². The third-order valence-corrected chi connectivity index (χ3v) is 5.15. The minimum absolute atomic E-state index is 0.0604. The average Bonchev–Trinajstić information content (AvgIpc) is 3.08. The summed E-state index contributed by atoms with van der Waals surface area (Å²) in [5, 5.41) is 5.64. The van der Waals surface area contributed by atoms with Crippen LogP contribution in [0.1, 0.15) is 40.4 Å². The summed E-state index contributed by atoms with van der Waals surface area (Å²) >= 11 is 0. The normalized spacial score (nSPS) is 18.8. The molecule has 1 unspecified atom stereocenters. The molecular formula is C20H21FN4O2. The number of nitrogens with zero attached hydrogens (tertiary/aromatic N) is 1. The zero-order valence-corrected chi connectivity index (χ0v) is 14.8. The largest absolute Gasteiger partial charge is 0.399 e. The van der Waals surface area contributed by atoms with E-state index in [9.17, 15) is 14.0 Å². The molecule has 1 aliphatic heterocycles. The van der Waals surface area contributed by atoms with Gasteiger partial charge >= 0.3 is 6.03 Å². The summed E-state index contributed by atoms with van der Waals surface area (Å²) in [5.74, 6) is -1.09. The summed E-state index contributed by atoms with van der Waals surface area (Å²) in [5.41, 5.74) is 9.14. The van der Waals surface area contributed by atoms with Gasteiger partial charge in [-0.1, -0.05) is 6.07 Å². The number of amides is 3. The molecule has 27 heavy (non-hydrogen) atoms. The van der Waals surface area contributed by atoms with Crippen LogP contribution in [0.25, 0.3) is 0 Å². The van der Waals surface area contributed by atoms with E-state index in [2.05, 4.69) is 10.6 Å². The smallest absolute Gasteiger partial charge is 0.321 e. The van der Waals surface area contributed by atoms with Crippen LogP contribution in [-0.4, -0.2) is 25.0 Å². The van der Waals surface area contributed by atoms with Crippen LogP contribution in [0.15, 0.2) is 36.4 Å². The number of nitrogens with one attached hydrogen (secondary N) is 2. The monoisotopic (exact) mass is 368 g/mol. The van der Waals surface area contributed by atoms with Gasteiger partial charge in [-0.2, -0.15) is 0 Å². The van der Waals surface area contributed by atoms with Crippen molar-refractivity contribution in [3.63, 3.8) is 0 Å². The van der Waals surface area contributed by atoms with Crippen LogP contribution in [0.2, 0.25) is 0 Å². The number of hydrogen-bond acceptors (Lipinski definition) is 3. The van der Waals surface area contributed by atoms with Crippen molar-refractivity contribution in [2.45, 2.75) is 25.3 Å². The lowest BCUT2D eigenvalue weighted by molar-refractivity contribution is 0.0928. The summed E-state index contributed by atoms with van der Waals surface area (Å²) < 4.78 is 14.3. The Bertz CT molecular complexity index is 915. The Morgan fingerprint density at radius 3 is 2.89 bits per heavy atom. The van der Waals surface area contributed by atoms with Crippen LogP contribution in [-0.2, 0) is 6.42 Å². The highest BCUT2D eigenvalue weighted by atomic mass is 19.1. The van der Waals surface area contributed by atoms with Gasteiger partial charge in [0.05, 0.1) is 11.6 Å². The molecule has 1 saturated heterocycles. The minimum atomic E-state index is -0.607. The quantitative estimate of drug-likeness (QED) is 0.728. The number of urea groups is 1. The maximum absolute atomic E-state index is 14.3. The number of nitrogens with two attached hydrogens (primary N) is 1. The summed E-state index contributed by atoms with van der Waals surface area (Å²) in [6, 6.07) is 9.42. The molecule has 4 N–H and O–H groups in total. The molecule has 0 saturated carbocycles. The molecule has 140 valence electrons. The van der Waals surface area contributed by atoms with Crippen LogP contribution in [0.4, 0.5) is 20.6 Å². The standard InChI is InChI=1S/C20H21FN4O2/c21-17-7-5-14(25-9-8-23-20(25)27)11-16(17)19(26)24-18-3-1-2-12-10-13(22)4-6-15(12)18/h4-7,10-11,18H,1-3,8-9,22H2,(H,23,27)(H,24,26). The second-order valence-electron chi connectivity index (χ2n) is 6.92. The van der Waals surface area contributed by atoms with E-state index < -0.39 is 11.7 Å². The van der Waals surface area contributed by atoms with Crippen molar-refractivity contribution < 1.29 is 14.0 Å². The van der Waals surface area contributed by atoms with Gasteiger partial charge in [0.25, 0.3) is 5.91 Å². The highest BCUT2D eigenvalue weighted by molar-refractivity contribution is 5.98. The van der Waals surface area contributed by atoms with Gasteiger partial charge < -0.3 is 16.4 Å². The molecule has 1 atom stereocenters. The van der Waals surface area contributed by atoms with E-state index in [1.165, 1.54) is 23.1 Å². The Morgan fingerprint density at radius 1 is 1.26 bits per heavy atom. The fourth-order valence-corrected chi connectivity index (χ4v) is 3.79. The predicted molar refractivity (Wildman–Crippen MR) is 101 cm³/mol. The van der Waals surface area contributed by atoms with Gasteiger partial charge in [-0.3, -0.25) is 9.69 Å². The van der Waals surface area contributed by atoms with E-state index in [-0.39, 0.29) is 17.6 Å². The number of hydrogen-bond donors (Lipinski definition) is 3. The first-order chi connectivity index (χ1) is 13.0. The lowest BCUT2D eigenvalue weighted by Crippen LogP contribution is -2.32. The van der Waals surface area contributed by atoms with E-state index in [0.29, 0.717) is 24.5 Å². The number of fused-ring (bicyclic) bond motifs is 1. The van der Waals surface area contributed by atoms with E-state index in [0.717, 1.165) is 30.4 Å². The molecule has 0 spiro atoms. The molecule has 2 aromatic rings. The third-order valence-electron chi connectivity index (χ3n) is 5.15. The highest BCUT2D eigenvalue weighted by Crippen LogP contribution is 2.31. The van der Waals surface area contributed by atoms with Crippen LogP contribution in [0, 0.1) is 5.82 Å². The van der Waals surface area contributed by atoms with Gasteiger partial charge in [-0.05, 0) is 60.7 Å². The molecule has 2 aromatic carbocycles. The molecule has 6 nitrogen and oxygen atoms in total. The van der Waals surface area contributed by atoms with Gasteiger partial charge in [0, 0.05) is 24.5 Å². The zero-order valence-electron chi connectivity index (χ0n) is 14.8. The molecule has 0 radical (unpaired) electrons. The Kier molecular flexibility index (Phi) is 4.43. The number of aryl methyl sites for hydroxylation is 1. The van der Waals surface area contributed by atoms with Crippen molar-refractivity contribution >= 4 is 23.3 Å². The summed E-state index contributed by atoms with van der Waals surface area (Å²) in [6.07, 6.45) is 2.64. The fourth-order valence-electron chi connectivity index (χ4n) is 3.79. The Hall–Kier alpha value is -3.09. The van der Waals surface area contributed by atoms with Crippen LogP contribution in [0.3, 0.4) is 0 Å². The lowest BCUT2D eigenvalue weighted by atomic mass is 9.87. The van der Waals surface area contributed by atoms with Crippen molar-refractivity contribution in [3.8, 4) is 0 Å². The molecule has 4 rings (SSSR count). The average molecular weight is 368 g/mol. The van der Waals surface area contributed by atoms with E-state index in [1.807, 2.05) is 18.2 Å². The Labute approximate surface area is 156 Å². The molecule has 1 fully saturated rings. The van der Waals surface area contributed by atoms with Gasteiger partial charge in [-0.25, -0.2) is 9.18 Å². The molecule has 7 heteroatoms. The van der Waals surface area contributed by atoms with E-state index in [4.69, 9.17) is 5.73 Å². The first-order valence-corrected chi connectivity index (χ1v) is 9.07. The van der Waals surface area contributed by atoms with E-state index >= 15 is 0 Å². The van der Waals surface area contributed by atoms with Crippen molar-refractivity contribution in [1.29, 1.82) is 0 Å². The molecule has 2 aliphatic rings. The highest BCUT2D eigenvalue weighted by Gasteiger charge is 2.26. The second kappa shape index (κ2) is 6.90. The molecule has 0 bridgehead atoms. The Balaban J connectivity index is 1.58. The first kappa shape index (κ1) is 17.3.